The second-order valence-corrected chi connectivity index (χ2v) is 10.6. The van der Waals surface area contributed by atoms with Crippen molar-refractivity contribution in [3.8, 4) is 0 Å². The van der Waals surface area contributed by atoms with Crippen LogP contribution in [0.2, 0.25) is 0 Å². The van der Waals surface area contributed by atoms with Crippen LogP contribution in [0.1, 0.15) is 32.6 Å². The molecule has 0 aromatic heterocycles. The predicted molar refractivity (Wildman–Crippen MR) is 131 cm³/mol. The monoisotopic (exact) mass is 529 g/mol. The number of nitrogens with one attached hydrogen (secondary N) is 2. The number of carbonyl (C=O) groups is 5. The molecular formula is C24H27N5O7S. The number of sulfonamides is 1. The molecule has 2 saturated heterocycles. The molecule has 2 aromatic rings. The maximum absolute atomic E-state index is 13.5. The third-order valence-corrected chi connectivity index (χ3v) is 7.57. The van der Waals surface area contributed by atoms with Crippen molar-refractivity contribution in [1.29, 1.82) is 0 Å². The van der Waals surface area contributed by atoms with Crippen molar-refractivity contribution < 1.29 is 32.4 Å². The Morgan fingerprint density at radius 2 is 1.84 bits per heavy atom. The molecule has 0 spiro atoms. The Labute approximate surface area is 213 Å². The molecule has 4 rings (SSSR count). The van der Waals surface area contributed by atoms with E-state index < -0.39 is 40.0 Å². The van der Waals surface area contributed by atoms with Gasteiger partial charge in [-0.25, -0.2) is 28.2 Å². The van der Waals surface area contributed by atoms with Crippen molar-refractivity contribution in [2.24, 2.45) is 0 Å². The summed E-state index contributed by atoms with van der Waals surface area (Å²) >= 11 is 0. The molecule has 2 fully saturated rings. The molecule has 2 N–H and O–H groups in total. The van der Waals surface area contributed by atoms with Gasteiger partial charge >= 0.3 is 6.03 Å². The first-order valence-corrected chi connectivity index (χ1v) is 13.3. The third-order valence-electron chi connectivity index (χ3n) is 6.23. The smallest absolute Gasteiger partial charge is 0.344 e. The van der Waals surface area contributed by atoms with E-state index >= 15 is 0 Å². The minimum absolute atomic E-state index is 0.0718. The topological polar surface area (TPSA) is 153 Å². The number of hydrazine groups is 2. The number of carbonyl (C=O) groups excluding carboxylic acids is 5. The first-order valence-electron chi connectivity index (χ1n) is 11.8. The Kier molecular flexibility index (Phi) is 7.55. The van der Waals surface area contributed by atoms with Crippen LogP contribution in [0.3, 0.4) is 0 Å². The van der Waals surface area contributed by atoms with Gasteiger partial charge in [0.2, 0.25) is 11.8 Å². The zero-order valence-corrected chi connectivity index (χ0v) is 20.9. The van der Waals surface area contributed by atoms with Gasteiger partial charge in [0.1, 0.15) is 18.1 Å². The molecule has 0 saturated carbocycles. The van der Waals surface area contributed by atoms with Crippen molar-refractivity contribution in [2.45, 2.75) is 49.6 Å². The molecular weight excluding hydrogens is 502 g/mol. The van der Waals surface area contributed by atoms with Crippen LogP contribution in [-0.2, 0) is 29.2 Å². The number of aldehydes is 1. The van der Waals surface area contributed by atoms with Crippen LogP contribution in [0.5, 0.6) is 0 Å². The molecule has 12 nitrogen and oxygen atoms in total. The van der Waals surface area contributed by atoms with E-state index in [0.717, 1.165) is 20.4 Å². The van der Waals surface area contributed by atoms with Crippen LogP contribution in [0, 0.1) is 0 Å². The fourth-order valence-corrected chi connectivity index (χ4v) is 5.55. The molecule has 13 heteroatoms. The average Bonchev–Trinajstić information content (AvgIpc) is 2.99. The molecule has 0 aliphatic carbocycles. The standard InChI is InChI=1S/C24H27N5O7S/c1-16(31)13-19(15-30)25-23(33)21-7-4-11-28-22(32)10-12-27(24(34)29(21)28)26-37(35,36)20-9-8-17-5-2-3-6-18(17)14-20/h2-3,5-6,8-9,14-15,19,21,26H,4,7,10-13H2,1H3,(H,25,33)/t19-,21-/m0/s1. The maximum Gasteiger partial charge on any atom is 0.354 e. The summed E-state index contributed by atoms with van der Waals surface area (Å²) in [6.07, 6.45) is 0.640. The number of hydrogen-bond acceptors (Lipinski definition) is 7. The van der Waals surface area contributed by atoms with Crippen molar-refractivity contribution in [1.82, 2.24) is 25.2 Å². The Morgan fingerprint density at radius 1 is 1.11 bits per heavy atom. The van der Waals surface area contributed by atoms with Gasteiger partial charge in [-0.15, -0.1) is 4.83 Å². The van der Waals surface area contributed by atoms with E-state index in [-0.39, 0.29) is 43.0 Å². The van der Waals surface area contributed by atoms with Gasteiger partial charge in [-0.1, -0.05) is 30.3 Å². The van der Waals surface area contributed by atoms with Gasteiger partial charge in [0.25, 0.3) is 10.0 Å². The first kappa shape index (κ1) is 26.2. The highest BCUT2D eigenvalue weighted by Crippen LogP contribution is 2.25. The summed E-state index contributed by atoms with van der Waals surface area (Å²) in [6, 6.07) is 8.58. The lowest BCUT2D eigenvalue weighted by molar-refractivity contribution is -0.155. The summed E-state index contributed by atoms with van der Waals surface area (Å²) in [6.45, 7) is 1.21. The summed E-state index contributed by atoms with van der Waals surface area (Å²) in [7, 11) is -4.22. The van der Waals surface area contributed by atoms with Crippen LogP contribution in [0.25, 0.3) is 10.8 Å². The molecule has 37 heavy (non-hydrogen) atoms. The summed E-state index contributed by atoms with van der Waals surface area (Å²) in [5, 5.41) is 6.86. The maximum atomic E-state index is 13.5. The van der Waals surface area contributed by atoms with Gasteiger partial charge in [-0.3, -0.25) is 14.4 Å². The number of ketones is 1. The molecule has 2 aliphatic rings. The Balaban J connectivity index is 1.59. The predicted octanol–water partition coefficient (Wildman–Crippen LogP) is 0.730. The van der Waals surface area contributed by atoms with E-state index in [2.05, 4.69) is 10.1 Å². The molecule has 2 aliphatic heterocycles. The van der Waals surface area contributed by atoms with Crippen molar-refractivity contribution in [3.05, 3.63) is 42.5 Å². The van der Waals surface area contributed by atoms with E-state index in [1.165, 1.54) is 19.1 Å². The van der Waals surface area contributed by atoms with Crippen molar-refractivity contribution in [2.75, 3.05) is 13.1 Å². The Hall–Kier alpha value is -3.84. The van der Waals surface area contributed by atoms with Crippen LogP contribution < -0.4 is 10.1 Å². The molecule has 2 atom stereocenters. The number of nitrogens with zero attached hydrogens (tertiary/aromatic N) is 3. The Bertz CT molecular complexity index is 1360. The number of benzene rings is 2. The highest BCUT2D eigenvalue weighted by atomic mass is 32.2. The summed E-state index contributed by atoms with van der Waals surface area (Å²) in [5.74, 6) is -1.48. The largest absolute Gasteiger partial charge is 0.354 e. The van der Waals surface area contributed by atoms with Gasteiger partial charge in [-0.05, 0) is 42.7 Å². The second kappa shape index (κ2) is 10.6. The van der Waals surface area contributed by atoms with Gasteiger partial charge in [0.15, 0.2) is 0 Å². The average molecular weight is 530 g/mol. The van der Waals surface area contributed by atoms with Gasteiger partial charge in [0.05, 0.1) is 10.9 Å². The fraction of sp³-hybridized carbons (Fsp3) is 0.375. The van der Waals surface area contributed by atoms with Gasteiger partial charge < -0.3 is 10.1 Å². The minimum Gasteiger partial charge on any atom is -0.344 e. The molecule has 0 bridgehead atoms. The van der Waals surface area contributed by atoms with E-state index in [0.29, 0.717) is 18.1 Å². The lowest BCUT2D eigenvalue weighted by Crippen LogP contribution is -2.64. The number of fused-ring (bicyclic) bond motifs is 2. The highest BCUT2D eigenvalue weighted by molar-refractivity contribution is 7.89. The van der Waals surface area contributed by atoms with E-state index in [1.54, 1.807) is 18.2 Å². The second-order valence-electron chi connectivity index (χ2n) is 8.96. The Morgan fingerprint density at radius 3 is 2.54 bits per heavy atom. The first-order chi connectivity index (χ1) is 17.6. The number of Topliss-reactive ketones (excluding diaryl/α,β-unsaturated/α-hetero) is 1. The lowest BCUT2D eigenvalue weighted by atomic mass is 10.1. The van der Waals surface area contributed by atoms with Crippen molar-refractivity contribution in [3.63, 3.8) is 0 Å². The summed E-state index contributed by atoms with van der Waals surface area (Å²) < 4.78 is 26.3. The quantitative estimate of drug-likeness (QED) is 0.478. The molecule has 0 unspecified atom stereocenters. The molecule has 2 aromatic carbocycles. The fourth-order valence-electron chi connectivity index (χ4n) is 4.45. The zero-order valence-electron chi connectivity index (χ0n) is 20.1. The third kappa shape index (κ3) is 5.62. The molecule has 0 radical (unpaired) electrons. The molecule has 4 amide bonds. The van der Waals surface area contributed by atoms with Crippen LogP contribution in [0.4, 0.5) is 4.79 Å². The number of hydrogen-bond donors (Lipinski definition) is 2. The number of urea groups is 1. The van der Waals surface area contributed by atoms with Gasteiger partial charge in [0, 0.05) is 25.9 Å². The summed E-state index contributed by atoms with van der Waals surface area (Å²) in [5.41, 5.74) is 0. The van der Waals surface area contributed by atoms with E-state index in [1.807, 2.05) is 12.1 Å². The molecule has 196 valence electrons. The number of amides is 4. The normalized spacial score (nSPS) is 19.3. The van der Waals surface area contributed by atoms with Gasteiger partial charge in [-0.2, -0.15) is 0 Å². The zero-order chi connectivity index (χ0) is 26.7. The molecule has 2 heterocycles. The van der Waals surface area contributed by atoms with Crippen LogP contribution in [0.15, 0.2) is 47.4 Å². The lowest BCUT2D eigenvalue weighted by Gasteiger charge is -2.42. The minimum atomic E-state index is -4.22. The van der Waals surface area contributed by atoms with Crippen LogP contribution in [-0.4, -0.2) is 78.5 Å². The van der Waals surface area contributed by atoms with E-state index in [9.17, 15) is 32.4 Å². The SMILES string of the molecule is CC(=O)C[C@@H](C=O)NC(=O)[C@@H]1CCCN2C(=O)CCN(NS(=O)(=O)c3ccc4ccccc4c3)C(=O)N12. The van der Waals surface area contributed by atoms with E-state index in [4.69, 9.17) is 0 Å². The summed E-state index contributed by atoms with van der Waals surface area (Å²) in [4.78, 5) is 64.3. The highest BCUT2D eigenvalue weighted by Gasteiger charge is 2.44. The van der Waals surface area contributed by atoms with Crippen LogP contribution >= 0.6 is 0 Å². The number of rotatable bonds is 8. The van der Waals surface area contributed by atoms with Crippen molar-refractivity contribution >= 4 is 50.7 Å².